The summed E-state index contributed by atoms with van der Waals surface area (Å²) in [4.78, 5) is 19.8. The van der Waals surface area contributed by atoms with Crippen LogP contribution in [0, 0.1) is 0 Å². The second-order valence-electron chi connectivity index (χ2n) is 1.65. The van der Waals surface area contributed by atoms with E-state index in [1.54, 1.807) is 0 Å². The summed E-state index contributed by atoms with van der Waals surface area (Å²) < 4.78 is 4.24. The van der Waals surface area contributed by atoms with Crippen LogP contribution in [0.1, 0.15) is 1.43 Å². The Balaban J connectivity index is 0. The Bertz CT molecular complexity index is 154. The van der Waals surface area contributed by atoms with Crippen molar-refractivity contribution in [2.45, 2.75) is 12.2 Å². The Morgan fingerprint density at radius 3 is 1.60 bits per heavy atom. The maximum atomic E-state index is 9.89. The molecule has 52 valence electrons. The molecule has 6 heteroatoms. The van der Waals surface area contributed by atoms with E-state index >= 15 is 0 Å². The van der Waals surface area contributed by atoms with Crippen LogP contribution in [0.3, 0.4) is 0 Å². The van der Waals surface area contributed by atoms with Crippen LogP contribution < -0.4 is 51.4 Å². The van der Waals surface area contributed by atoms with Gasteiger partial charge in [-0.2, -0.15) is 0 Å². The number of ether oxygens (including phenoxy) is 1. The average molecular weight is 172 g/mol. The number of hydrogen-bond acceptors (Lipinski definition) is 3. The number of epoxide rings is 1. The maximum absolute atomic E-state index is 9.89. The van der Waals surface area contributed by atoms with Crippen molar-refractivity contribution in [1.29, 1.82) is 0 Å². The van der Waals surface area contributed by atoms with Crippen molar-refractivity contribution in [1.82, 2.24) is 0 Å². The largest absolute Gasteiger partial charge is 1.00 e. The van der Waals surface area contributed by atoms with Crippen LogP contribution in [0.15, 0.2) is 0 Å². The number of carbonyl (C=O) groups is 2. The van der Waals surface area contributed by atoms with Crippen LogP contribution in [0.5, 0.6) is 0 Å². The minimum atomic E-state index is -1.22. The van der Waals surface area contributed by atoms with Gasteiger partial charge in [-0.05, 0) is 0 Å². The van der Waals surface area contributed by atoms with E-state index in [-0.39, 0.29) is 52.8 Å². The van der Waals surface area contributed by atoms with Crippen LogP contribution in [0.2, 0.25) is 0 Å². The quantitative estimate of drug-likeness (QED) is 0.328. The molecule has 0 aromatic heterocycles. The summed E-state index contributed by atoms with van der Waals surface area (Å²) in [7, 11) is 0. The van der Waals surface area contributed by atoms with Gasteiger partial charge in [0.05, 0.1) is 0 Å². The Morgan fingerprint density at radius 1 is 1.20 bits per heavy atom. The fraction of sp³-hybridized carbons (Fsp3) is 0.500. The van der Waals surface area contributed by atoms with Gasteiger partial charge in [-0.25, -0.2) is 9.59 Å². The van der Waals surface area contributed by atoms with E-state index < -0.39 is 24.1 Å². The Labute approximate surface area is 100 Å². The van der Waals surface area contributed by atoms with Gasteiger partial charge < -0.3 is 16.4 Å². The molecule has 0 aliphatic carbocycles. The first-order valence-electron chi connectivity index (χ1n) is 2.24. The van der Waals surface area contributed by atoms with Gasteiger partial charge in [-0.1, -0.05) is 0 Å². The molecular formula is C4H5KO5. The van der Waals surface area contributed by atoms with E-state index in [9.17, 15) is 9.59 Å². The molecule has 0 spiro atoms. The van der Waals surface area contributed by atoms with Crippen molar-refractivity contribution in [3.8, 4) is 0 Å². The molecule has 0 aromatic carbocycles. The molecule has 1 fully saturated rings. The smallest absolute Gasteiger partial charge is 1.00 e. The van der Waals surface area contributed by atoms with E-state index in [2.05, 4.69) is 4.74 Å². The number of aliphatic carboxylic acids is 2. The van der Waals surface area contributed by atoms with Crippen molar-refractivity contribution in [3.05, 3.63) is 0 Å². The Kier molecular flexibility index (Phi) is 4.00. The van der Waals surface area contributed by atoms with Crippen molar-refractivity contribution in [2.24, 2.45) is 0 Å². The van der Waals surface area contributed by atoms with E-state index in [0.29, 0.717) is 0 Å². The van der Waals surface area contributed by atoms with Gasteiger partial charge in [-0.3, -0.25) is 0 Å². The van der Waals surface area contributed by atoms with Crippen LogP contribution in [-0.4, -0.2) is 34.4 Å². The molecule has 5 nitrogen and oxygen atoms in total. The summed E-state index contributed by atoms with van der Waals surface area (Å²) in [5.74, 6) is -2.44. The molecule has 0 saturated carbocycles. The molecule has 0 aromatic rings. The molecule has 0 amide bonds. The van der Waals surface area contributed by atoms with Gasteiger partial charge in [0.25, 0.3) is 0 Å². The van der Waals surface area contributed by atoms with Gasteiger partial charge in [0.15, 0.2) is 12.2 Å². The molecule has 1 heterocycles. The van der Waals surface area contributed by atoms with Crippen LogP contribution >= 0.6 is 0 Å². The maximum Gasteiger partial charge on any atom is 1.00 e. The molecule has 2 N–H and O–H groups in total. The van der Waals surface area contributed by atoms with E-state index in [1.807, 2.05) is 0 Å². The second kappa shape index (κ2) is 3.79. The van der Waals surface area contributed by atoms with Crippen molar-refractivity contribution < 1.29 is 77.4 Å². The molecule has 2 atom stereocenters. The second-order valence-corrected chi connectivity index (χ2v) is 1.65. The molecule has 10 heavy (non-hydrogen) atoms. The summed E-state index contributed by atoms with van der Waals surface area (Å²) in [6.07, 6.45) is -2.25. The van der Waals surface area contributed by atoms with Crippen molar-refractivity contribution in [3.63, 3.8) is 0 Å². The molecule has 2 unspecified atom stereocenters. The third-order valence-corrected chi connectivity index (χ3v) is 0.978. The molecule has 0 radical (unpaired) electrons. The van der Waals surface area contributed by atoms with Crippen molar-refractivity contribution >= 4 is 11.9 Å². The van der Waals surface area contributed by atoms with Crippen LogP contribution in [0.4, 0.5) is 0 Å². The van der Waals surface area contributed by atoms with E-state index in [4.69, 9.17) is 10.2 Å². The van der Waals surface area contributed by atoms with Crippen molar-refractivity contribution in [2.75, 3.05) is 0 Å². The SMILES string of the molecule is O=C(O)C1OC1C(=O)O.[H-].[K+]. The Hall–Kier alpha value is 0.536. The van der Waals surface area contributed by atoms with Gasteiger partial charge in [0.1, 0.15) is 0 Å². The minimum Gasteiger partial charge on any atom is -1.00 e. The van der Waals surface area contributed by atoms with E-state index in [0.717, 1.165) is 0 Å². The van der Waals surface area contributed by atoms with Gasteiger partial charge in [-0.15, -0.1) is 0 Å². The van der Waals surface area contributed by atoms with Crippen LogP contribution in [0.25, 0.3) is 0 Å². The zero-order valence-corrected chi connectivity index (χ0v) is 8.40. The Morgan fingerprint density at radius 2 is 1.50 bits per heavy atom. The number of carboxylic acid groups (broad SMARTS) is 2. The standard InChI is InChI=1S/C4H4O5.K.H/c5-3(6)1-2(9-1)4(7)8;;/h1-2H,(H,5,6)(H,7,8);;/q;+1;-1. The normalized spacial score (nSPS) is 28.4. The van der Waals surface area contributed by atoms with E-state index in [1.165, 1.54) is 0 Å². The molecule has 0 bridgehead atoms. The summed E-state index contributed by atoms with van der Waals surface area (Å²) >= 11 is 0. The molecular weight excluding hydrogens is 167 g/mol. The number of carboxylic acids is 2. The third-order valence-electron chi connectivity index (χ3n) is 0.978. The molecule has 1 saturated heterocycles. The third kappa shape index (κ3) is 2.29. The number of hydrogen-bond donors (Lipinski definition) is 2. The van der Waals surface area contributed by atoms with Gasteiger partial charge in [0.2, 0.25) is 0 Å². The summed E-state index contributed by atoms with van der Waals surface area (Å²) in [6, 6.07) is 0. The zero-order chi connectivity index (χ0) is 7.02. The topological polar surface area (TPSA) is 87.1 Å². The predicted molar refractivity (Wildman–Crippen MR) is 25.0 cm³/mol. The fourth-order valence-corrected chi connectivity index (χ4v) is 0.488. The average Bonchev–Trinajstić information content (AvgIpc) is 2.39. The zero-order valence-electron chi connectivity index (χ0n) is 6.27. The number of rotatable bonds is 2. The molecule has 1 aliphatic rings. The minimum absolute atomic E-state index is 0. The van der Waals surface area contributed by atoms with Crippen LogP contribution in [-0.2, 0) is 14.3 Å². The first kappa shape index (κ1) is 10.5. The fourth-order valence-electron chi connectivity index (χ4n) is 0.488. The summed E-state index contributed by atoms with van der Waals surface area (Å²) in [5, 5.41) is 16.2. The molecule has 1 aliphatic heterocycles. The monoisotopic (exact) mass is 172 g/mol. The summed E-state index contributed by atoms with van der Waals surface area (Å²) in [5.41, 5.74) is 0. The first-order chi connectivity index (χ1) is 4.13. The van der Waals surface area contributed by atoms with Gasteiger partial charge >= 0.3 is 63.3 Å². The first-order valence-corrected chi connectivity index (χ1v) is 2.24. The summed E-state index contributed by atoms with van der Waals surface area (Å²) in [6.45, 7) is 0. The van der Waals surface area contributed by atoms with Gasteiger partial charge in [0, 0.05) is 0 Å². The predicted octanol–water partition coefficient (Wildman–Crippen LogP) is -3.96. The molecule has 1 rings (SSSR count).